The molecule has 120 valence electrons. The molecule has 1 rings (SSSR count). The van der Waals surface area contributed by atoms with Gasteiger partial charge in [0.25, 0.3) is 0 Å². The van der Waals surface area contributed by atoms with Crippen molar-refractivity contribution in [2.75, 3.05) is 38.5 Å². The molecular formula is C15H27N3O2S. The first-order valence-corrected chi connectivity index (χ1v) is 8.97. The molecule has 5 nitrogen and oxygen atoms in total. The Labute approximate surface area is 128 Å². The van der Waals surface area contributed by atoms with E-state index in [0.717, 1.165) is 26.1 Å². The number of nitrogens with zero attached hydrogens (tertiary/aromatic N) is 2. The van der Waals surface area contributed by atoms with Crippen molar-refractivity contribution in [3.63, 3.8) is 0 Å². The van der Waals surface area contributed by atoms with Crippen LogP contribution in [-0.2, 0) is 10.0 Å². The predicted octanol–water partition coefficient (Wildman–Crippen LogP) is 2.01. The Morgan fingerprint density at radius 2 is 1.71 bits per heavy atom. The van der Waals surface area contributed by atoms with E-state index in [1.807, 2.05) is 6.92 Å². The van der Waals surface area contributed by atoms with Gasteiger partial charge in [0.1, 0.15) is 0 Å². The predicted molar refractivity (Wildman–Crippen MR) is 87.7 cm³/mol. The second-order valence-corrected chi connectivity index (χ2v) is 6.89. The molecular weight excluding hydrogens is 286 g/mol. The maximum absolute atomic E-state index is 12.6. The number of nitrogens with two attached hydrogens (primary N) is 1. The first-order chi connectivity index (χ1) is 9.95. The van der Waals surface area contributed by atoms with Crippen LogP contribution in [0.4, 0.5) is 5.69 Å². The highest BCUT2D eigenvalue weighted by Crippen LogP contribution is 2.18. The van der Waals surface area contributed by atoms with Gasteiger partial charge in [-0.1, -0.05) is 26.8 Å². The van der Waals surface area contributed by atoms with Gasteiger partial charge in [-0.2, -0.15) is 4.31 Å². The molecule has 21 heavy (non-hydrogen) atoms. The molecule has 0 bridgehead atoms. The highest BCUT2D eigenvalue weighted by Gasteiger charge is 2.22. The van der Waals surface area contributed by atoms with Gasteiger partial charge in [-0.05, 0) is 44.3 Å². The van der Waals surface area contributed by atoms with E-state index >= 15 is 0 Å². The molecule has 0 spiro atoms. The van der Waals surface area contributed by atoms with E-state index in [9.17, 15) is 8.42 Å². The minimum atomic E-state index is -3.45. The summed E-state index contributed by atoms with van der Waals surface area (Å²) in [6, 6.07) is 6.47. The summed E-state index contributed by atoms with van der Waals surface area (Å²) < 4.78 is 26.7. The number of sulfonamides is 1. The third-order valence-electron chi connectivity index (χ3n) is 3.62. The maximum atomic E-state index is 12.6. The molecule has 0 aromatic heterocycles. The average Bonchev–Trinajstić information content (AvgIpc) is 2.47. The molecule has 6 heteroatoms. The molecule has 0 saturated carbocycles. The number of benzene rings is 1. The fraction of sp³-hybridized carbons (Fsp3) is 0.600. The lowest BCUT2D eigenvalue weighted by atomic mass is 10.3. The fourth-order valence-electron chi connectivity index (χ4n) is 2.28. The largest absolute Gasteiger partial charge is 0.399 e. The molecule has 1 aromatic rings. The smallest absolute Gasteiger partial charge is 0.243 e. The lowest BCUT2D eigenvalue weighted by Gasteiger charge is -2.23. The quantitative estimate of drug-likeness (QED) is 0.708. The summed E-state index contributed by atoms with van der Waals surface area (Å²) in [6.07, 6.45) is 0.830. The van der Waals surface area contributed by atoms with Crippen molar-refractivity contribution in [3.8, 4) is 0 Å². The summed E-state index contributed by atoms with van der Waals surface area (Å²) in [5.41, 5.74) is 6.15. The second kappa shape index (κ2) is 8.36. The fourth-order valence-corrected chi connectivity index (χ4v) is 3.83. The van der Waals surface area contributed by atoms with Gasteiger partial charge in [-0.3, -0.25) is 0 Å². The molecule has 0 unspecified atom stereocenters. The number of hydrogen-bond donors (Lipinski definition) is 1. The summed E-state index contributed by atoms with van der Waals surface area (Å²) in [4.78, 5) is 2.56. The molecule has 0 aliphatic heterocycles. The van der Waals surface area contributed by atoms with Crippen LogP contribution in [-0.4, -0.2) is 50.3 Å². The second-order valence-electron chi connectivity index (χ2n) is 4.95. The molecule has 0 fully saturated rings. The highest BCUT2D eigenvalue weighted by atomic mass is 32.2. The molecule has 1 aromatic carbocycles. The van der Waals surface area contributed by atoms with Crippen molar-refractivity contribution in [2.24, 2.45) is 0 Å². The summed E-state index contributed by atoms with van der Waals surface area (Å²) in [5.74, 6) is 0. The van der Waals surface area contributed by atoms with Crippen molar-refractivity contribution in [1.82, 2.24) is 9.21 Å². The molecule has 2 N–H and O–H groups in total. The summed E-state index contributed by atoms with van der Waals surface area (Å²) >= 11 is 0. The van der Waals surface area contributed by atoms with Gasteiger partial charge in [0.15, 0.2) is 0 Å². The van der Waals surface area contributed by atoms with E-state index < -0.39 is 10.0 Å². The van der Waals surface area contributed by atoms with Crippen molar-refractivity contribution >= 4 is 15.7 Å². The van der Waals surface area contributed by atoms with E-state index in [1.165, 1.54) is 10.4 Å². The monoisotopic (exact) mass is 313 g/mol. The average molecular weight is 313 g/mol. The van der Waals surface area contributed by atoms with Crippen LogP contribution in [0.5, 0.6) is 0 Å². The van der Waals surface area contributed by atoms with Crippen LogP contribution < -0.4 is 5.73 Å². The lowest BCUT2D eigenvalue weighted by molar-refractivity contribution is 0.285. The standard InChI is InChI=1S/C15H27N3O2S/c1-4-17(5-2)11-8-12-18(6-3)21(19,20)15-10-7-9-14(16)13-15/h7,9-10,13H,4-6,8,11-12,16H2,1-3H3. The molecule has 0 aliphatic rings. The number of hydrogen-bond acceptors (Lipinski definition) is 4. The van der Waals surface area contributed by atoms with E-state index in [4.69, 9.17) is 5.73 Å². The first-order valence-electron chi connectivity index (χ1n) is 7.53. The van der Waals surface area contributed by atoms with E-state index in [2.05, 4.69) is 18.7 Å². The summed E-state index contributed by atoms with van der Waals surface area (Å²) in [5, 5.41) is 0. The zero-order valence-electron chi connectivity index (χ0n) is 13.2. The van der Waals surface area contributed by atoms with Crippen molar-refractivity contribution < 1.29 is 8.42 Å². The van der Waals surface area contributed by atoms with Crippen LogP contribution in [0.15, 0.2) is 29.2 Å². The Balaban J connectivity index is 2.74. The van der Waals surface area contributed by atoms with Crippen molar-refractivity contribution in [3.05, 3.63) is 24.3 Å². The van der Waals surface area contributed by atoms with Crippen LogP contribution in [0, 0.1) is 0 Å². The topological polar surface area (TPSA) is 66.6 Å². The number of nitrogen functional groups attached to an aromatic ring is 1. The molecule has 0 radical (unpaired) electrons. The lowest BCUT2D eigenvalue weighted by Crippen LogP contribution is -2.34. The zero-order chi connectivity index (χ0) is 15.9. The molecule has 0 amide bonds. The van der Waals surface area contributed by atoms with Gasteiger partial charge in [0, 0.05) is 18.8 Å². The van der Waals surface area contributed by atoms with Gasteiger partial charge < -0.3 is 10.6 Å². The Morgan fingerprint density at radius 3 is 2.24 bits per heavy atom. The Bertz CT molecular complexity index is 527. The SMILES string of the molecule is CCN(CC)CCCN(CC)S(=O)(=O)c1cccc(N)c1. The van der Waals surface area contributed by atoms with Crippen molar-refractivity contribution in [2.45, 2.75) is 32.1 Å². The third kappa shape index (κ3) is 4.98. The molecule has 0 saturated heterocycles. The van der Waals surface area contributed by atoms with Crippen LogP contribution in [0.3, 0.4) is 0 Å². The van der Waals surface area contributed by atoms with Gasteiger partial charge in [0.2, 0.25) is 10.0 Å². The number of anilines is 1. The van der Waals surface area contributed by atoms with Crippen LogP contribution in [0.2, 0.25) is 0 Å². The van der Waals surface area contributed by atoms with Gasteiger partial charge in [-0.25, -0.2) is 8.42 Å². The van der Waals surface area contributed by atoms with E-state index in [-0.39, 0.29) is 4.90 Å². The Morgan fingerprint density at radius 1 is 1.05 bits per heavy atom. The first kappa shape index (κ1) is 17.9. The normalized spacial score (nSPS) is 12.2. The van der Waals surface area contributed by atoms with Gasteiger partial charge in [0.05, 0.1) is 4.90 Å². The van der Waals surface area contributed by atoms with Gasteiger partial charge in [-0.15, -0.1) is 0 Å². The van der Waals surface area contributed by atoms with Crippen molar-refractivity contribution in [1.29, 1.82) is 0 Å². The van der Waals surface area contributed by atoms with Crippen LogP contribution in [0.1, 0.15) is 27.2 Å². The third-order valence-corrected chi connectivity index (χ3v) is 5.60. The number of rotatable bonds is 9. The van der Waals surface area contributed by atoms with E-state index in [1.54, 1.807) is 18.2 Å². The Kier molecular flexibility index (Phi) is 7.14. The maximum Gasteiger partial charge on any atom is 0.243 e. The minimum Gasteiger partial charge on any atom is -0.399 e. The molecule has 0 atom stereocenters. The highest BCUT2D eigenvalue weighted by molar-refractivity contribution is 7.89. The summed E-state index contributed by atoms with van der Waals surface area (Å²) in [7, 11) is -3.45. The van der Waals surface area contributed by atoms with Gasteiger partial charge >= 0.3 is 0 Å². The molecule has 0 aliphatic carbocycles. The van der Waals surface area contributed by atoms with Crippen LogP contribution >= 0.6 is 0 Å². The Hall–Kier alpha value is -1.11. The van der Waals surface area contributed by atoms with E-state index in [0.29, 0.717) is 18.8 Å². The molecule has 0 heterocycles. The minimum absolute atomic E-state index is 0.271. The summed E-state index contributed by atoms with van der Waals surface area (Å²) in [6.45, 7) is 9.99. The zero-order valence-corrected chi connectivity index (χ0v) is 14.1. The van der Waals surface area contributed by atoms with Crippen LogP contribution in [0.25, 0.3) is 0 Å².